The van der Waals surface area contributed by atoms with Crippen LogP contribution in [0.4, 0.5) is 18.3 Å². The van der Waals surface area contributed by atoms with Crippen LogP contribution in [0.15, 0.2) is 24.3 Å². The lowest BCUT2D eigenvalue weighted by atomic mass is 10.1. The number of nitrogens with one attached hydrogen (secondary N) is 2. The SMILES string of the molecule is CCCCC(=O)NC(Nc1nc2ccccc2s1)(C(=O)OCC)C(F)(F)F. The van der Waals surface area contributed by atoms with Gasteiger partial charge in [-0.1, -0.05) is 36.8 Å². The van der Waals surface area contributed by atoms with Crippen molar-refractivity contribution in [2.75, 3.05) is 11.9 Å². The highest BCUT2D eigenvalue weighted by molar-refractivity contribution is 7.22. The molecule has 1 atom stereocenters. The van der Waals surface area contributed by atoms with E-state index in [4.69, 9.17) is 0 Å². The highest BCUT2D eigenvalue weighted by Crippen LogP contribution is 2.35. The average Bonchev–Trinajstić information content (AvgIpc) is 3.00. The van der Waals surface area contributed by atoms with Crippen LogP contribution in [0.3, 0.4) is 0 Å². The van der Waals surface area contributed by atoms with Crippen LogP contribution in [0.2, 0.25) is 0 Å². The van der Waals surface area contributed by atoms with Crippen LogP contribution in [0, 0.1) is 0 Å². The summed E-state index contributed by atoms with van der Waals surface area (Å²) in [5.41, 5.74) is -2.94. The molecule has 6 nitrogen and oxygen atoms in total. The van der Waals surface area contributed by atoms with Gasteiger partial charge in [0.2, 0.25) is 5.91 Å². The Labute approximate surface area is 158 Å². The summed E-state index contributed by atoms with van der Waals surface area (Å²) in [7, 11) is 0. The van der Waals surface area contributed by atoms with E-state index < -0.39 is 23.7 Å². The number of thiazole rings is 1. The molecule has 1 unspecified atom stereocenters. The summed E-state index contributed by atoms with van der Waals surface area (Å²) >= 11 is 0.939. The molecule has 0 aliphatic carbocycles. The number of aromatic nitrogens is 1. The Kier molecular flexibility index (Phi) is 6.63. The lowest BCUT2D eigenvalue weighted by Gasteiger charge is -2.34. The van der Waals surface area contributed by atoms with Crippen LogP contribution in [0.5, 0.6) is 0 Å². The minimum absolute atomic E-state index is 0.144. The molecule has 0 aliphatic rings. The van der Waals surface area contributed by atoms with Crippen molar-refractivity contribution in [2.24, 2.45) is 0 Å². The normalized spacial score (nSPS) is 13.8. The van der Waals surface area contributed by atoms with Crippen molar-refractivity contribution in [3.63, 3.8) is 0 Å². The molecule has 148 valence electrons. The number of rotatable bonds is 8. The van der Waals surface area contributed by atoms with Gasteiger partial charge in [-0.05, 0) is 25.5 Å². The summed E-state index contributed by atoms with van der Waals surface area (Å²) in [6.45, 7) is 2.91. The van der Waals surface area contributed by atoms with E-state index in [1.54, 1.807) is 36.5 Å². The van der Waals surface area contributed by atoms with Crippen molar-refractivity contribution in [2.45, 2.75) is 44.9 Å². The number of fused-ring (bicyclic) bond motifs is 1. The number of anilines is 1. The Bertz CT molecular complexity index is 776. The summed E-state index contributed by atoms with van der Waals surface area (Å²) in [6.07, 6.45) is -4.28. The maximum atomic E-state index is 14.0. The molecule has 1 aromatic heterocycles. The number of benzene rings is 1. The smallest absolute Gasteiger partial charge is 0.442 e. The molecule has 0 spiro atoms. The molecular weight excluding hydrogens is 383 g/mol. The minimum atomic E-state index is -5.15. The highest BCUT2D eigenvalue weighted by Gasteiger charge is 2.64. The second-order valence-corrected chi connectivity index (χ2v) is 6.76. The first-order valence-electron chi connectivity index (χ1n) is 8.42. The topological polar surface area (TPSA) is 80.3 Å². The standard InChI is InChI=1S/C17H20F3N3O3S/c1-3-5-10-13(24)22-16(17(18,19)20,14(25)26-4-2)23-15-21-11-8-6-7-9-12(11)27-15/h6-9H,3-5,10H2,1-2H3,(H,21,23)(H,22,24). The number of para-hydroxylation sites is 1. The van der Waals surface area contributed by atoms with Gasteiger partial charge in [-0.2, -0.15) is 13.2 Å². The number of hydrogen-bond acceptors (Lipinski definition) is 6. The summed E-state index contributed by atoms with van der Waals surface area (Å²) in [6, 6.07) is 6.74. The van der Waals surface area contributed by atoms with Crippen LogP contribution in [0.25, 0.3) is 10.2 Å². The molecule has 2 aromatic rings. The first-order valence-corrected chi connectivity index (χ1v) is 9.24. The Morgan fingerprint density at radius 1 is 1.22 bits per heavy atom. The molecule has 2 rings (SSSR count). The molecule has 0 bridgehead atoms. The van der Waals surface area contributed by atoms with Gasteiger partial charge in [0, 0.05) is 6.42 Å². The minimum Gasteiger partial charge on any atom is -0.463 e. The zero-order chi connectivity index (χ0) is 20.1. The van der Waals surface area contributed by atoms with Crippen molar-refractivity contribution >= 4 is 38.6 Å². The van der Waals surface area contributed by atoms with E-state index in [0.29, 0.717) is 23.1 Å². The Morgan fingerprint density at radius 3 is 2.52 bits per heavy atom. The van der Waals surface area contributed by atoms with Crippen LogP contribution in [-0.2, 0) is 14.3 Å². The fourth-order valence-electron chi connectivity index (χ4n) is 2.33. The van der Waals surface area contributed by atoms with Crippen molar-refractivity contribution in [1.82, 2.24) is 10.3 Å². The largest absolute Gasteiger partial charge is 0.463 e. The van der Waals surface area contributed by atoms with E-state index in [1.165, 1.54) is 6.92 Å². The monoisotopic (exact) mass is 403 g/mol. The molecule has 0 fully saturated rings. The van der Waals surface area contributed by atoms with E-state index >= 15 is 0 Å². The lowest BCUT2D eigenvalue weighted by Crippen LogP contribution is -2.69. The first kappa shape index (κ1) is 20.9. The number of nitrogens with zero attached hydrogens (tertiary/aromatic N) is 1. The molecule has 1 aromatic carbocycles. The number of amides is 1. The highest BCUT2D eigenvalue weighted by atomic mass is 32.1. The van der Waals surface area contributed by atoms with Gasteiger partial charge in [0.15, 0.2) is 5.13 Å². The van der Waals surface area contributed by atoms with Crippen molar-refractivity contribution < 1.29 is 27.5 Å². The number of unbranched alkanes of at least 4 members (excludes halogenated alkanes) is 1. The van der Waals surface area contributed by atoms with E-state index in [-0.39, 0.29) is 18.2 Å². The number of alkyl halides is 3. The zero-order valence-corrected chi connectivity index (χ0v) is 15.7. The number of hydrogen-bond donors (Lipinski definition) is 2. The summed E-state index contributed by atoms with van der Waals surface area (Å²) in [4.78, 5) is 28.4. The fourth-order valence-corrected chi connectivity index (χ4v) is 3.25. The van der Waals surface area contributed by atoms with Gasteiger partial charge < -0.3 is 15.4 Å². The zero-order valence-electron chi connectivity index (χ0n) is 14.9. The van der Waals surface area contributed by atoms with Crippen molar-refractivity contribution in [1.29, 1.82) is 0 Å². The predicted molar refractivity (Wildman–Crippen MR) is 96.3 cm³/mol. The molecule has 27 heavy (non-hydrogen) atoms. The molecular formula is C17H20F3N3O3S. The second kappa shape index (κ2) is 8.55. The number of carbonyl (C=O) groups excluding carboxylic acids is 2. The Morgan fingerprint density at radius 2 is 1.93 bits per heavy atom. The van der Waals surface area contributed by atoms with E-state index in [1.807, 2.05) is 0 Å². The van der Waals surface area contributed by atoms with Crippen LogP contribution in [-0.4, -0.2) is 35.3 Å². The molecule has 0 aliphatic heterocycles. The number of esters is 1. The summed E-state index contributed by atoms with van der Waals surface area (Å²) < 4.78 is 47.2. The second-order valence-electron chi connectivity index (χ2n) is 5.73. The third-order valence-electron chi connectivity index (χ3n) is 3.68. The molecule has 2 N–H and O–H groups in total. The van der Waals surface area contributed by atoms with Crippen molar-refractivity contribution in [3.05, 3.63) is 24.3 Å². The van der Waals surface area contributed by atoms with Crippen molar-refractivity contribution in [3.8, 4) is 0 Å². The summed E-state index contributed by atoms with van der Waals surface area (Å²) in [5, 5.41) is 3.73. The number of ether oxygens (including phenoxy) is 1. The van der Waals surface area contributed by atoms with Crippen LogP contribution < -0.4 is 10.6 Å². The maximum Gasteiger partial charge on any atom is 0.442 e. The third-order valence-corrected chi connectivity index (χ3v) is 4.63. The van der Waals surface area contributed by atoms with Gasteiger partial charge in [-0.25, -0.2) is 9.78 Å². The predicted octanol–water partition coefficient (Wildman–Crippen LogP) is 3.84. The molecule has 10 heteroatoms. The van der Waals surface area contributed by atoms with Gasteiger partial charge in [0.25, 0.3) is 0 Å². The third kappa shape index (κ3) is 4.68. The first-order chi connectivity index (χ1) is 12.7. The molecule has 1 heterocycles. The van der Waals surface area contributed by atoms with E-state index in [2.05, 4.69) is 15.0 Å². The molecule has 1 amide bonds. The molecule has 0 radical (unpaired) electrons. The average molecular weight is 403 g/mol. The fraction of sp³-hybridized carbons (Fsp3) is 0.471. The quantitative estimate of drug-likeness (QED) is 0.517. The molecule has 0 saturated heterocycles. The molecule has 0 saturated carbocycles. The Balaban J connectivity index is 2.44. The number of halogens is 3. The maximum absolute atomic E-state index is 14.0. The van der Waals surface area contributed by atoms with Crippen LogP contribution >= 0.6 is 11.3 Å². The summed E-state index contributed by atoms with van der Waals surface area (Å²) in [5.74, 6) is -2.54. The van der Waals surface area contributed by atoms with E-state index in [9.17, 15) is 22.8 Å². The Hall–Kier alpha value is -2.36. The van der Waals surface area contributed by atoms with Crippen LogP contribution in [0.1, 0.15) is 33.1 Å². The van der Waals surface area contributed by atoms with Gasteiger partial charge >= 0.3 is 17.8 Å². The van der Waals surface area contributed by atoms with Gasteiger partial charge in [0.05, 0.1) is 16.8 Å². The van der Waals surface area contributed by atoms with Gasteiger partial charge in [0.1, 0.15) is 0 Å². The van der Waals surface area contributed by atoms with Gasteiger partial charge in [-0.3, -0.25) is 4.79 Å². The lowest BCUT2D eigenvalue weighted by molar-refractivity contribution is -0.207. The van der Waals surface area contributed by atoms with E-state index in [0.717, 1.165) is 11.3 Å². The number of carbonyl (C=O) groups is 2. The van der Waals surface area contributed by atoms with Gasteiger partial charge in [-0.15, -0.1) is 0 Å².